The lowest BCUT2D eigenvalue weighted by molar-refractivity contribution is 1.12. The summed E-state index contributed by atoms with van der Waals surface area (Å²) in [7, 11) is 30.9. The Morgan fingerprint density at radius 3 is 1.96 bits per heavy atom. The lowest BCUT2D eigenvalue weighted by atomic mass is 9.62. The molecule has 3 aromatic carbocycles. The van der Waals surface area contributed by atoms with Crippen molar-refractivity contribution in [2.75, 3.05) is 0 Å². The highest BCUT2D eigenvalue weighted by molar-refractivity contribution is 6.68. The van der Waals surface area contributed by atoms with Crippen LogP contribution in [0.4, 0.5) is 0 Å². The lowest BCUT2D eigenvalue weighted by Gasteiger charge is -2.22. The van der Waals surface area contributed by atoms with Crippen molar-refractivity contribution >= 4 is 88.1 Å². The maximum Gasteiger partial charge on any atom is 0.115 e. The summed E-state index contributed by atoms with van der Waals surface area (Å²) in [4.78, 5) is 0. The molecule has 0 heterocycles. The third-order valence-corrected chi connectivity index (χ3v) is 4.90. The average Bonchev–Trinajstić information content (AvgIpc) is 2.52. The van der Waals surface area contributed by atoms with Gasteiger partial charge in [-0.3, -0.25) is 0 Å². The maximum atomic E-state index is 6.51. The molecule has 3 aromatic rings. The van der Waals surface area contributed by atoms with E-state index in [0.717, 1.165) is 22.6 Å². The van der Waals surface area contributed by atoms with Crippen molar-refractivity contribution in [1.29, 1.82) is 0 Å². The summed E-state index contributed by atoms with van der Waals surface area (Å²) in [5.41, 5.74) is 5.75. The Labute approximate surface area is 144 Å². The lowest BCUT2D eigenvalue weighted by Crippen LogP contribution is -2.49. The van der Waals surface area contributed by atoms with E-state index in [2.05, 4.69) is 26.8 Å². The van der Waals surface area contributed by atoms with E-state index in [1.807, 2.05) is 6.07 Å². The zero-order valence-electron chi connectivity index (χ0n) is 13.7. The molecule has 0 saturated heterocycles. The molecule has 0 bridgehead atoms. The Hall–Kier alpha value is -1.50. The largest absolute Gasteiger partial charge is 0.115 e. The molecule has 10 radical (unpaired) electrons. The summed E-state index contributed by atoms with van der Waals surface area (Å²) in [5.74, 6) is 0. The molecule has 3 rings (SSSR count). The molecule has 0 atom stereocenters. The second-order valence-electron chi connectivity index (χ2n) is 6.12. The van der Waals surface area contributed by atoms with Crippen molar-refractivity contribution in [3.63, 3.8) is 0 Å². The highest BCUT2D eigenvalue weighted by Gasteiger charge is 2.15. The van der Waals surface area contributed by atoms with E-state index in [4.69, 9.17) is 39.2 Å². The van der Waals surface area contributed by atoms with Crippen molar-refractivity contribution in [3.8, 4) is 0 Å². The Morgan fingerprint density at radius 2 is 1.35 bits per heavy atom. The van der Waals surface area contributed by atoms with E-state index >= 15 is 0 Å². The number of hydrogen-bond acceptors (Lipinski definition) is 0. The fourth-order valence-corrected chi connectivity index (χ4v) is 3.46. The van der Waals surface area contributed by atoms with Gasteiger partial charge in [0.1, 0.15) is 39.2 Å². The highest BCUT2D eigenvalue weighted by atomic mass is 14.2. The molecule has 0 fully saturated rings. The summed E-state index contributed by atoms with van der Waals surface area (Å²) in [6, 6.07) is 4.13. The first-order chi connectivity index (χ1) is 10.8. The summed E-state index contributed by atoms with van der Waals surface area (Å²) in [6.45, 7) is 6.34. The van der Waals surface area contributed by atoms with Gasteiger partial charge in [-0.2, -0.15) is 0 Å². The molecule has 0 unspecified atom stereocenters. The molecular weight excluding hydrogens is 270 g/mol. The van der Waals surface area contributed by atoms with E-state index in [0.29, 0.717) is 32.7 Å². The Kier molecular flexibility index (Phi) is 3.95. The minimum absolute atomic E-state index is 0.294. The van der Waals surface area contributed by atoms with Gasteiger partial charge in [0, 0.05) is 0 Å². The van der Waals surface area contributed by atoms with E-state index in [9.17, 15) is 0 Å². The van der Waals surface area contributed by atoms with Gasteiger partial charge < -0.3 is 0 Å². The smallest absolute Gasteiger partial charge is 0.110 e. The first-order valence-electron chi connectivity index (χ1n) is 7.66. The van der Waals surface area contributed by atoms with Gasteiger partial charge in [0.25, 0.3) is 0 Å². The van der Waals surface area contributed by atoms with Gasteiger partial charge in [-0.15, -0.1) is 10.9 Å². The fourth-order valence-electron chi connectivity index (χ4n) is 3.46. The van der Waals surface area contributed by atoms with Gasteiger partial charge in [-0.1, -0.05) is 29.4 Å². The third kappa shape index (κ3) is 2.20. The van der Waals surface area contributed by atoms with Crippen LogP contribution in [-0.2, 0) is 6.42 Å². The molecule has 0 saturated carbocycles. The highest BCUT2D eigenvalue weighted by Crippen LogP contribution is 2.27. The molecule has 0 nitrogen and oxygen atoms in total. The number of aryl methyl sites for hydroxylation is 2. The van der Waals surface area contributed by atoms with Crippen LogP contribution < -0.4 is 27.3 Å². The normalized spacial score (nSPS) is 11.4. The first kappa shape index (κ1) is 16.4. The number of benzene rings is 3. The van der Waals surface area contributed by atoms with Crippen LogP contribution in [-0.4, -0.2) is 39.2 Å². The van der Waals surface area contributed by atoms with Crippen LogP contribution in [0.15, 0.2) is 12.1 Å². The minimum atomic E-state index is 0.294. The molecule has 0 N–H and O–H groups in total. The standard InChI is InChI=1S/C18H13B5/c1-4-10-8(3)7(2)5-9-6-11-13(15(20)12(9)10)16(21)18(23)17(22)14(11)19/h5-6H,4H2,1-3H3. The van der Waals surface area contributed by atoms with E-state index in [1.165, 1.54) is 16.7 Å². The summed E-state index contributed by atoms with van der Waals surface area (Å²) in [5, 5.41) is 3.52. The molecule has 100 valence electrons. The van der Waals surface area contributed by atoms with Gasteiger partial charge in [-0.25, -0.2) is 0 Å². The Bertz CT molecular complexity index is 973. The predicted molar refractivity (Wildman–Crippen MR) is 107 cm³/mol. The second-order valence-corrected chi connectivity index (χ2v) is 6.12. The SMILES string of the molecule is [B]c1c([B])c([B])c2c([B])c3c(CC)c(C)c(C)cc3cc2c1[B]. The molecule has 0 aliphatic heterocycles. The molecule has 0 aliphatic carbocycles. The molecule has 0 amide bonds. The van der Waals surface area contributed by atoms with Crippen LogP contribution in [0.1, 0.15) is 23.6 Å². The van der Waals surface area contributed by atoms with Gasteiger partial charge in [0.2, 0.25) is 0 Å². The van der Waals surface area contributed by atoms with Gasteiger partial charge in [-0.05, 0) is 64.6 Å². The topological polar surface area (TPSA) is 0 Å². The van der Waals surface area contributed by atoms with E-state index in [-0.39, 0.29) is 0 Å². The van der Waals surface area contributed by atoms with Crippen molar-refractivity contribution in [1.82, 2.24) is 0 Å². The third-order valence-electron chi connectivity index (χ3n) is 4.90. The molecule has 5 heteroatoms. The van der Waals surface area contributed by atoms with Gasteiger partial charge in [0.05, 0.1) is 0 Å². The van der Waals surface area contributed by atoms with Crippen molar-refractivity contribution in [2.45, 2.75) is 27.2 Å². The summed E-state index contributed by atoms with van der Waals surface area (Å²) >= 11 is 0. The van der Waals surface area contributed by atoms with Crippen molar-refractivity contribution in [2.24, 2.45) is 0 Å². The monoisotopic (exact) mass is 284 g/mol. The molecule has 0 aromatic heterocycles. The fraction of sp³-hybridized carbons (Fsp3) is 0.222. The van der Waals surface area contributed by atoms with Crippen LogP contribution in [0.25, 0.3) is 21.5 Å². The van der Waals surface area contributed by atoms with Crippen LogP contribution in [0.2, 0.25) is 0 Å². The second kappa shape index (κ2) is 5.55. The minimum Gasteiger partial charge on any atom is -0.110 e. The van der Waals surface area contributed by atoms with Gasteiger partial charge >= 0.3 is 0 Å². The molecule has 0 spiro atoms. The zero-order chi connectivity index (χ0) is 17.0. The van der Waals surface area contributed by atoms with Gasteiger partial charge in [0.15, 0.2) is 0 Å². The van der Waals surface area contributed by atoms with Crippen LogP contribution in [0.3, 0.4) is 0 Å². The number of rotatable bonds is 1. The zero-order valence-corrected chi connectivity index (χ0v) is 13.7. The molecular formula is C18H13B5. The molecule has 23 heavy (non-hydrogen) atoms. The molecule has 0 aliphatic rings. The maximum absolute atomic E-state index is 6.51. The van der Waals surface area contributed by atoms with Crippen molar-refractivity contribution < 1.29 is 0 Å². The predicted octanol–water partition coefficient (Wildman–Crippen LogP) is -0.859. The average molecular weight is 283 g/mol. The summed E-state index contributed by atoms with van der Waals surface area (Å²) in [6.07, 6.45) is 0.888. The number of hydrogen-bond donors (Lipinski definition) is 0. The van der Waals surface area contributed by atoms with E-state index in [1.54, 1.807) is 0 Å². The van der Waals surface area contributed by atoms with Crippen molar-refractivity contribution in [3.05, 3.63) is 28.8 Å². The Morgan fingerprint density at radius 1 is 0.739 bits per heavy atom. The first-order valence-corrected chi connectivity index (χ1v) is 7.66. The quantitative estimate of drug-likeness (QED) is 0.403. The number of fused-ring (bicyclic) bond motifs is 2. The van der Waals surface area contributed by atoms with Crippen LogP contribution in [0.5, 0.6) is 0 Å². The Balaban J connectivity index is 2.67. The van der Waals surface area contributed by atoms with E-state index < -0.39 is 0 Å². The summed E-state index contributed by atoms with van der Waals surface area (Å²) < 4.78 is 0. The van der Waals surface area contributed by atoms with Crippen LogP contribution >= 0.6 is 0 Å². The van der Waals surface area contributed by atoms with Crippen LogP contribution in [0, 0.1) is 13.8 Å².